The molecule has 1 saturated heterocycles. The maximum atomic E-state index is 14.7. The fraction of sp³-hybridized carbons (Fsp3) is 0.407. The van der Waals surface area contributed by atoms with Gasteiger partial charge in [-0.15, -0.1) is 0 Å². The highest BCUT2D eigenvalue weighted by Gasteiger charge is 2.32. The number of halogens is 1. The minimum absolute atomic E-state index is 0.213. The highest BCUT2D eigenvalue weighted by Crippen LogP contribution is 2.26. The van der Waals surface area contributed by atoms with Gasteiger partial charge in [0.2, 0.25) is 0 Å². The number of pyridine rings is 1. The molecule has 0 aliphatic carbocycles. The first-order valence-corrected chi connectivity index (χ1v) is 11.8. The first-order valence-electron chi connectivity index (χ1n) is 11.8. The number of esters is 1. The molecule has 1 aromatic heterocycles. The summed E-state index contributed by atoms with van der Waals surface area (Å²) in [5.41, 5.74) is 2.68. The van der Waals surface area contributed by atoms with Gasteiger partial charge in [-0.05, 0) is 55.1 Å². The number of rotatable bonds is 9. The van der Waals surface area contributed by atoms with Crippen LogP contribution in [0.3, 0.4) is 0 Å². The summed E-state index contributed by atoms with van der Waals surface area (Å²) in [7, 11) is 3.04. The van der Waals surface area contributed by atoms with E-state index in [1.807, 2.05) is 24.3 Å². The second-order valence-electron chi connectivity index (χ2n) is 8.68. The topological polar surface area (TPSA) is 54.9 Å². The fourth-order valence-electron chi connectivity index (χ4n) is 4.68. The van der Waals surface area contributed by atoms with E-state index in [1.165, 1.54) is 18.9 Å². The van der Waals surface area contributed by atoms with Crippen LogP contribution in [0.1, 0.15) is 17.5 Å². The van der Waals surface area contributed by atoms with Gasteiger partial charge in [0, 0.05) is 31.6 Å². The minimum Gasteiger partial charge on any atom is -0.497 e. The number of ether oxygens (including phenoxy) is 2. The molecule has 1 atom stereocenters. The van der Waals surface area contributed by atoms with Crippen LogP contribution in [0.2, 0.25) is 0 Å². The summed E-state index contributed by atoms with van der Waals surface area (Å²) in [6.45, 7) is 3.91. The number of carbonyl (C=O) groups excluding carboxylic acids is 1. The van der Waals surface area contributed by atoms with E-state index in [4.69, 9.17) is 9.47 Å². The molecule has 4 rings (SSSR count). The second kappa shape index (κ2) is 11.4. The monoisotopic (exact) mass is 465 g/mol. The van der Waals surface area contributed by atoms with Gasteiger partial charge >= 0.3 is 5.97 Å². The number of aryl methyl sites for hydroxylation is 1. The number of methoxy groups -OCH3 is 2. The fourth-order valence-corrected chi connectivity index (χ4v) is 4.68. The lowest BCUT2D eigenvalue weighted by atomic mass is 10.0. The van der Waals surface area contributed by atoms with Crippen molar-refractivity contribution in [2.24, 2.45) is 0 Å². The summed E-state index contributed by atoms with van der Waals surface area (Å²) in [6.07, 6.45) is 3.52. The van der Waals surface area contributed by atoms with E-state index in [0.717, 1.165) is 43.4 Å². The Morgan fingerprint density at radius 1 is 1.09 bits per heavy atom. The molecule has 0 saturated carbocycles. The first-order chi connectivity index (χ1) is 16.6. The number of piperazine rings is 1. The van der Waals surface area contributed by atoms with Gasteiger partial charge in [0.25, 0.3) is 0 Å². The van der Waals surface area contributed by atoms with Crippen LogP contribution in [-0.4, -0.2) is 73.7 Å². The molecule has 1 fully saturated rings. The molecule has 0 bridgehead atoms. The minimum atomic E-state index is -0.311. The van der Waals surface area contributed by atoms with E-state index in [0.29, 0.717) is 30.8 Å². The maximum absolute atomic E-state index is 14.7. The molecule has 0 unspecified atom stereocenters. The van der Waals surface area contributed by atoms with E-state index in [2.05, 4.69) is 39.0 Å². The summed E-state index contributed by atoms with van der Waals surface area (Å²) >= 11 is 0. The molecule has 2 aromatic carbocycles. The summed E-state index contributed by atoms with van der Waals surface area (Å²) in [5.74, 6) is 0.157. The third-order valence-corrected chi connectivity index (χ3v) is 6.61. The molecule has 1 aliphatic rings. The van der Waals surface area contributed by atoms with Crippen LogP contribution in [0, 0.1) is 5.82 Å². The molecule has 34 heavy (non-hydrogen) atoms. The predicted octanol–water partition coefficient (Wildman–Crippen LogP) is 3.72. The zero-order valence-electron chi connectivity index (χ0n) is 19.9. The number of aromatic nitrogens is 1. The molecular weight excluding hydrogens is 433 g/mol. The summed E-state index contributed by atoms with van der Waals surface area (Å²) in [6, 6.07) is 15.6. The largest absolute Gasteiger partial charge is 0.497 e. The van der Waals surface area contributed by atoms with E-state index in [9.17, 15) is 9.18 Å². The third kappa shape index (κ3) is 5.72. The van der Waals surface area contributed by atoms with Crippen LogP contribution in [0.25, 0.3) is 10.9 Å². The van der Waals surface area contributed by atoms with Crippen molar-refractivity contribution in [2.45, 2.75) is 25.3 Å². The van der Waals surface area contributed by atoms with E-state index < -0.39 is 0 Å². The molecule has 0 spiro atoms. The van der Waals surface area contributed by atoms with Crippen LogP contribution >= 0.6 is 0 Å². The molecule has 3 aromatic rings. The summed E-state index contributed by atoms with van der Waals surface area (Å²) < 4.78 is 25.1. The lowest BCUT2D eigenvalue weighted by Gasteiger charge is -2.40. The Balaban J connectivity index is 1.38. The molecule has 0 N–H and O–H groups in total. The van der Waals surface area contributed by atoms with Gasteiger partial charge < -0.3 is 9.47 Å². The SMILES string of the molecule is COC(=O)[C@H]1CN(CCc2ccccc2)CCN1CCCc1c(F)cnc2ccc(OC)cc12. The highest BCUT2D eigenvalue weighted by atomic mass is 19.1. The number of nitrogens with zero attached hydrogens (tertiary/aromatic N) is 3. The van der Waals surface area contributed by atoms with E-state index in [-0.39, 0.29) is 17.8 Å². The smallest absolute Gasteiger partial charge is 0.324 e. The van der Waals surface area contributed by atoms with Crippen LogP contribution in [0.4, 0.5) is 4.39 Å². The average molecular weight is 466 g/mol. The van der Waals surface area contributed by atoms with Gasteiger partial charge in [0.15, 0.2) is 0 Å². The van der Waals surface area contributed by atoms with Crippen LogP contribution in [0.5, 0.6) is 5.75 Å². The number of hydrogen-bond acceptors (Lipinski definition) is 6. The van der Waals surface area contributed by atoms with Gasteiger partial charge in [0.1, 0.15) is 17.6 Å². The predicted molar refractivity (Wildman–Crippen MR) is 131 cm³/mol. The van der Waals surface area contributed by atoms with Gasteiger partial charge in [-0.1, -0.05) is 30.3 Å². The van der Waals surface area contributed by atoms with Crippen molar-refractivity contribution >= 4 is 16.9 Å². The van der Waals surface area contributed by atoms with Crippen LogP contribution in [-0.2, 0) is 22.4 Å². The number of hydrogen-bond donors (Lipinski definition) is 0. The van der Waals surface area contributed by atoms with Gasteiger partial charge in [-0.3, -0.25) is 19.6 Å². The molecule has 6 nitrogen and oxygen atoms in total. The van der Waals surface area contributed by atoms with Crippen LogP contribution < -0.4 is 4.74 Å². The molecule has 2 heterocycles. The Hall–Kier alpha value is -3.03. The maximum Gasteiger partial charge on any atom is 0.324 e. The quantitative estimate of drug-likeness (QED) is 0.449. The number of benzene rings is 2. The van der Waals surface area contributed by atoms with E-state index >= 15 is 0 Å². The molecular formula is C27H32FN3O3. The third-order valence-electron chi connectivity index (χ3n) is 6.61. The first kappa shape index (κ1) is 24.1. The number of carbonyl (C=O) groups is 1. The highest BCUT2D eigenvalue weighted by molar-refractivity contribution is 5.83. The molecule has 1 aliphatic heterocycles. The van der Waals surface area contributed by atoms with Crippen molar-refractivity contribution in [3.63, 3.8) is 0 Å². The Morgan fingerprint density at radius 3 is 2.68 bits per heavy atom. The molecule has 0 amide bonds. The van der Waals surface area contributed by atoms with Crippen molar-refractivity contribution in [1.29, 1.82) is 0 Å². The summed E-state index contributed by atoms with van der Waals surface area (Å²) in [5, 5.41) is 0.773. The second-order valence-corrected chi connectivity index (χ2v) is 8.68. The van der Waals surface area contributed by atoms with Crippen molar-refractivity contribution in [3.8, 4) is 5.75 Å². The average Bonchev–Trinajstić information content (AvgIpc) is 2.89. The Labute approximate surface area is 200 Å². The standard InChI is InChI=1S/C27H32FN3O3/c1-33-21-10-11-25-23(17-21)22(24(28)18-29-25)9-6-13-31-16-15-30(19-26(31)27(32)34-2)14-12-20-7-4-3-5-8-20/h3-5,7-8,10-11,17-18,26H,6,9,12-16,19H2,1-2H3/t26-/m1/s1. The number of fused-ring (bicyclic) bond motifs is 1. The van der Waals surface area contributed by atoms with E-state index in [1.54, 1.807) is 7.11 Å². The molecule has 180 valence electrons. The lowest BCUT2D eigenvalue weighted by Crippen LogP contribution is -2.57. The van der Waals surface area contributed by atoms with Crippen molar-refractivity contribution in [2.75, 3.05) is 46.9 Å². The zero-order chi connectivity index (χ0) is 23.9. The normalized spacial score (nSPS) is 17.1. The van der Waals surface area contributed by atoms with Gasteiger partial charge in [-0.2, -0.15) is 0 Å². The van der Waals surface area contributed by atoms with Crippen molar-refractivity contribution in [3.05, 3.63) is 71.7 Å². The molecule has 0 radical (unpaired) electrons. The Bertz CT molecular complexity index is 1110. The Morgan fingerprint density at radius 2 is 1.91 bits per heavy atom. The zero-order valence-corrected chi connectivity index (χ0v) is 19.9. The Kier molecular flexibility index (Phi) is 8.08. The van der Waals surface area contributed by atoms with Crippen LogP contribution in [0.15, 0.2) is 54.7 Å². The van der Waals surface area contributed by atoms with Crippen molar-refractivity contribution < 1.29 is 18.7 Å². The van der Waals surface area contributed by atoms with Gasteiger partial charge in [0.05, 0.1) is 25.9 Å². The van der Waals surface area contributed by atoms with Gasteiger partial charge in [-0.25, -0.2) is 4.39 Å². The summed E-state index contributed by atoms with van der Waals surface area (Å²) in [4.78, 5) is 21.3. The lowest BCUT2D eigenvalue weighted by molar-refractivity contribution is -0.149. The van der Waals surface area contributed by atoms with Crippen molar-refractivity contribution in [1.82, 2.24) is 14.8 Å². The molecule has 7 heteroatoms.